The highest BCUT2D eigenvalue weighted by Crippen LogP contribution is 2.59. The van der Waals surface area contributed by atoms with Gasteiger partial charge in [-0.1, -0.05) is 50.7 Å². The average Bonchev–Trinajstić information content (AvgIpc) is 3.71. The minimum Gasteiger partial charge on any atom is -0.481 e. The molecule has 0 heterocycles. The van der Waals surface area contributed by atoms with Crippen LogP contribution >= 0.6 is 0 Å². The number of hydrogen-bond donors (Lipinski definition) is 1. The molecular weight excluding hydrogens is 475 g/mol. The highest BCUT2D eigenvalue weighted by Gasteiger charge is 2.57. The fraction of sp³-hybridized carbons (Fsp3) is 0.774. The normalized spacial score (nSPS) is 29.4. The summed E-state index contributed by atoms with van der Waals surface area (Å²) in [4.78, 5) is 14.9. The predicted octanol–water partition coefficient (Wildman–Crippen LogP) is 8.29. The summed E-state index contributed by atoms with van der Waals surface area (Å²) >= 11 is 0. The number of carboxylic acids is 1. The molecule has 1 aromatic rings. The first-order valence-electron chi connectivity index (χ1n) is 14.9. The van der Waals surface area contributed by atoms with E-state index in [0.717, 1.165) is 50.8 Å². The number of hydrogen-bond acceptors (Lipinski definition) is 2. The third-order valence-electron chi connectivity index (χ3n) is 10.4. The van der Waals surface area contributed by atoms with E-state index in [0.29, 0.717) is 11.8 Å². The third kappa shape index (κ3) is 6.20. The second-order valence-electron chi connectivity index (χ2n) is 12.7. The molecule has 0 aromatic heterocycles. The lowest BCUT2D eigenvalue weighted by Crippen LogP contribution is -2.48. The molecule has 4 saturated carbocycles. The molecule has 0 bridgehead atoms. The Kier molecular flexibility index (Phi) is 8.24. The molecular formula is C31H44F3NO2. The number of benzene rings is 1. The molecule has 4 aliphatic carbocycles. The molecule has 206 valence electrons. The third-order valence-corrected chi connectivity index (χ3v) is 10.4. The summed E-state index contributed by atoms with van der Waals surface area (Å²) in [6.45, 7) is 2.18. The van der Waals surface area contributed by atoms with Crippen molar-refractivity contribution in [2.24, 2.45) is 23.2 Å². The predicted molar refractivity (Wildman–Crippen MR) is 139 cm³/mol. The van der Waals surface area contributed by atoms with Crippen LogP contribution in [0.4, 0.5) is 13.2 Å². The summed E-state index contributed by atoms with van der Waals surface area (Å²) in [6, 6.07) is 6.10. The Bertz CT molecular complexity index is 878. The summed E-state index contributed by atoms with van der Waals surface area (Å²) in [7, 11) is 0. The van der Waals surface area contributed by atoms with E-state index < -0.39 is 23.1 Å². The maximum Gasteiger partial charge on any atom is 0.416 e. The molecule has 0 radical (unpaired) electrons. The number of carboxylic acid groups (broad SMARTS) is 1. The Morgan fingerprint density at radius 1 is 0.838 bits per heavy atom. The van der Waals surface area contributed by atoms with Crippen LogP contribution in [0.2, 0.25) is 0 Å². The van der Waals surface area contributed by atoms with Gasteiger partial charge in [-0.3, -0.25) is 9.69 Å². The first kappa shape index (κ1) is 27.0. The van der Waals surface area contributed by atoms with Crippen LogP contribution in [-0.2, 0) is 11.0 Å². The summed E-state index contributed by atoms with van der Waals surface area (Å²) in [5, 5.41) is 10.0. The number of halogens is 3. The fourth-order valence-corrected chi connectivity index (χ4v) is 8.05. The van der Waals surface area contributed by atoms with Crippen molar-refractivity contribution in [1.29, 1.82) is 0 Å². The van der Waals surface area contributed by atoms with Crippen molar-refractivity contribution in [2.45, 2.75) is 114 Å². The van der Waals surface area contributed by atoms with Gasteiger partial charge in [-0.15, -0.1) is 0 Å². The number of carbonyl (C=O) groups is 1. The van der Waals surface area contributed by atoms with Gasteiger partial charge in [0.05, 0.1) is 11.0 Å². The van der Waals surface area contributed by atoms with E-state index in [-0.39, 0.29) is 17.9 Å². The lowest BCUT2D eigenvalue weighted by atomic mass is 9.68. The maximum atomic E-state index is 13.3. The summed E-state index contributed by atoms with van der Waals surface area (Å²) in [5.74, 6) is 0.933. The summed E-state index contributed by atoms with van der Waals surface area (Å²) in [5.41, 5.74) is -0.251. The van der Waals surface area contributed by atoms with Crippen molar-refractivity contribution in [3.8, 4) is 0 Å². The molecule has 3 unspecified atom stereocenters. The minimum absolute atomic E-state index is 0.0880. The molecule has 1 N–H and O–H groups in total. The Morgan fingerprint density at radius 3 is 1.84 bits per heavy atom. The average molecular weight is 520 g/mol. The first-order chi connectivity index (χ1) is 17.8. The van der Waals surface area contributed by atoms with Gasteiger partial charge < -0.3 is 5.11 Å². The summed E-state index contributed by atoms with van der Waals surface area (Å²) in [6.07, 6.45) is 12.8. The highest BCUT2D eigenvalue weighted by molar-refractivity contribution is 5.78. The van der Waals surface area contributed by atoms with Gasteiger partial charge in [0.25, 0.3) is 0 Å². The van der Waals surface area contributed by atoms with Gasteiger partial charge in [-0.2, -0.15) is 13.2 Å². The van der Waals surface area contributed by atoms with Crippen LogP contribution in [0.5, 0.6) is 0 Å². The number of nitrogens with zero attached hydrogens (tertiary/aromatic N) is 1. The molecule has 3 atom stereocenters. The molecule has 0 amide bonds. The van der Waals surface area contributed by atoms with Gasteiger partial charge in [-0.25, -0.2) is 0 Å². The van der Waals surface area contributed by atoms with Crippen LogP contribution in [0.1, 0.15) is 113 Å². The van der Waals surface area contributed by atoms with Crippen molar-refractivity contribution >= 4 is 5.97 Å². The Hall–Kier alpha value is -1.56. The zero-order valence-electron chi connectivity index (χ0n) is 22.2. The number of alkyl halides is 3. The Labute approximate surface area is 220 Å². The fourth-order valence-electron chi connectivity index (χ4n) is 8.05. The molecule has 0 saturated heterocycles. The van der Waals surface area contributed by atoms with Gasteiger partial charge >= 0.3 is 12.1 Å². The van der Waals surface area contributed by atoms with Crippen LogP contribution in [0.15, 0.2) is 24.3 Å². The Morgan fingerprint density at radius 2 is 1.38 bits per heavy atom. The summed E-state index contributed by atoms with van der Waals surface area (Å²) < 4.78 is 40.0. The van der Waals surface area contributed by atoms with Crippen molar-refractivity contribution < 1.29 is 23.1 Å². The van der Waals surface area contributed by atoms with Crippen molar-refractivity contribution in [3.05, 3.63) is 35.4 Å². The maximum absolute atomic E-state index is 13.3. The lowest BCUT2D eigenvalue weighted by molar-refractivity contribution is -0.146. The number of rotatable bonds is 8. The molecule has 3 nitrogen and oxygen atoms in total. The van der Waals surface area contributed by atoms with E-state index in [2.05, 4.69) is 4.90 Å². The highest BCUT2D eigenvalue weighted by atomic mass is 19.4. The molecule has 4 aliphatic rings. The van der Waals surface area contributed by atoms with Gasteiger partial charge in [0.1, 0.15) is 0 Å². The van der Waals surface area contributed by atoms with E-state index in [1.807, 2.05) is 0 Å². The van der Waals surface area contributed by atoms with E-state index in [1.54, 1.807) is 12.1 Å². The monoisotopic (exact) mass is 519 g/mol. The van der Waals surface area contributed by atoms with Crippen molar-refractivity contribution in [2.75, 3.05) is 13.1 Å². The molecule has 5 rings (SSSR count). The molecule has 0 aliphatic heterocycles. The Balaban J connectivity index is 1.42. The minimum atomic E-state index is -4.34. The molecule has 4 fully saturated rings. The van der Waals surface area contributed by atoms with Gasteiger partial charge in [0.2, 0.25) is 0 Å². The quantitative estimate of drug-likeness (QED) is 0.376. The SMILES string of the molecule is O=C(O)C1(C2CCC(N(CC3CCCCC3)CC3CCCCC3)C(c3ccc(C(F)(F)F)cc3)C2)CC1. The van der Waals surface area contributed by atoms with E-state index in [9.17, 15) is 23.1 Å². The van der Waals surface area contributed by atoms with Crippen LogP contribution in [0.3, 0.4) is 0 Å². The molecule has 37 heavy (non-hydrogen) atoms. The van der Waals surface area contributed by atoms with Gasteiger partial charge in [-0.05, 0) is 99.2 Å². The largest absolute Gasteiger partial charge is 0.481 e. The van der Waals surface area contributed by atoms with Crippen molar-refractivity contribution in [3.63, 3.8) is 0 Å². The topological polar surface area (TPSA) is 40.5 Å². The molecule has 6 heteroatoms. The van der Waals surface area contributed by atoms with Crippen LogP contribution < -0.4 is 0 Å². The van der Waals surface area contributed by atoms with Gasteiger partial charge in [0.15, 0.2) is 0 Å². The van der Waals surface area contributed by atoms with E-state index in [1.165, 1.54) is 76.3 Å². The van der Waals surface area contributed by atoms with Crippen molar-refractivity contribution in [1.82, 2.24) is 4.90 Å². The zero-order chi connectivity index (χ0) is 26.0. The van der Waals surface area contributed by atoms with Crippen LogP contribution in [0.25, 0.3) is 0 Å². The zero-order valence-corrected chi connectivity index (χ0v) is 22.2. The first-order valence-corrected chi connectivity index (χ1v) is 14.9. The lowest BCUT2D eigenvalue weighted by Gasteiger charge is -2.47. The van der Waals surface area contributed by atoms with Gasteiger partial charge in [0, 0.05) is 19.1 Å². The smallest absolute Gasteiger partial charge is 0.416 e. The molecule has 0 spiro atoms. The van der Waals surface area contributed by atoms with E-state index >= 15 is 0 Å². The molecule has 1 aromatic carbocycles. The second-order valence-corrected chi connectivity index (χ2v) is 12.7. The number of aliphatic carboxylic acids is 1. The van der Waals surface area contributed by atoms with Crippen LogP contribution in [-0.4, -0.2) is 35.1 Å². The van der Waals surface area contributed by atoms with E-state index in [4.69, 9.17) is 0 Å². The van der Waals surface area contributed by atoms with Crippen LogP contribution in [0, 0.1) is 23.2 Å². The second kappa shape index (κ2) is 11.3. The standard InChI is InChI=1S/C31H44F3NO2/c32-31(33,34)25-13-11-24(12-14-25)27-19-26(30(17-18-30)29(36)37)15-16-28(27)35(20-22-7-3-1-4-8-22)21-23-9-5-2-6-10-23/h11-14,22-23,26-28H,1-10,15-21H2,(H,36,37).